The molecule has 0 aromatic carbocycles. The molecule has 72 valence electrons. The quantitative estimate of drug-likeness (QED) is 0.501. The molecule has 0 radical (unpaired) electrons. The molecule has 0 unspecified atom stereocenters. The van der Waals surface area contributed by atoms with E-state index in [1.54, 1.807) is 4.57 Å². The summed E-state index contributed by atoms with van der Waals surface area (Å²) in [5, 5.41) is -0.0475. The summed E-state index contributed by atoms with van der Waals surface area (Å²) in [6.07, 6.45) is 0. The Hall–Kier alpha value is 0.531. The minimum Gasteiger partial charge on any atom is -0.382 e. The molecule has 0 aliphatic carbocycles. The maximum Gasteiger partial charge on any atom is 2.00 e. The third-order valence-corrected chi connectivity index (χ3v) is 3.14. The summed E-state index contributed by atoms with van der Waals surface area (Å²) in [6.45, 7) is 5.98. The van der Waals surface area contributed by atoms with Crippen molar-refractivity contribution in [1.29, 1.82) is 0 Å². The van der Waals surface area contributed by atoms with Gasteiger partial charge in [0.2, 0.25) is 0 Å². The molecule has 0 amide bonds. The average Bonchev–Trinajstić information content (AvgIpc) is 1.62. The van der Waals surface area contributed by atoms with E-state index in [-0.39, 0.29) is 41.6 Å². The fourth-order valence-corrected chi connectivity index (χ4v) is 2.01. The molecule has 2 nitrogen and oxygen atoms in total. The Balaban J connectivity index is -0.000000107. The zero-order chi connectivity index (χ0) is 7.65. The Morgan fingerprint density at radius 3 is 1.33 bits per heavy atom. The van der Waals surface area contributed by atoms with E-state index in [0.29, 0.717) is 0 Å². The predicted octanol–water partition coefficient (Wildman–Crippen LogP) is 2.16. The van der Waals surface area contributed by atoms with Crippen LogP contribution in [0.15, 0.2) is 0 Å². The molecule has 0 aromatic heterocycles. The standard InChI is InChI=1S/C6H15NOSi.2CH3.Ti/c1-6(2,3)9(8)7(4)5;;;/h1-5H3;2*1H3;/q;2*-1;+2. The molecule has 0 aromatic rings. The molecule has 12 heavy (non-hydrogen) atoms. The molecule has 0 aliphatic rings. The van der Waals surface area contributed by atoms with Crippen molar-refractivity contribution >= 4 is 8.84 Å². The minimum atomic E-state index is -1.54. The molecule has 0 N–H and O–H groups in total. The molecule has 0 saturated carbocycles. The maximum atomic E-state index is 11.3. The molecule has 0 saturated heterocycles. The van der Waals surface area contributed by atoms with Gasteiger partial charge in [-0.05, 0) is 14.1 Å². The number of nitrogens with zero attached hydrogens (tertiary/aromatic N) is 1. The molecule has 0 atom stereocenters. The fraction of sp³-hybridized carbons (Fsp3) is 0.750. The van der Waals surface area contributed by atoms with Crippen LogP contribution in [0.2, 0.25) is 5.04 Å². The topological polar surface area (TPSA) is 20.3 Å². The Morgan fingerprint density at radius 2 is 1.33 bits per heavy atom. The molecular weight excluding hydrogens is 202 g/mol. The van der Waals surface area contributed by atoms with Crippen molar-refractivity contribution in [2.75, 3.05) is 14.1 Å². The Bertz CT molecular complexity index is 121. The van der Waals surface area contributed by atoms with Gasteiger partial charge in [-0.25, -0.2) is 0 Å². The van der Waals surface area contributed by atoms with Crippen molar-refractivity contribution in [2.45, 2.75) is 25.8 Å². The van der Waals surface area contributed by atoms with Crippen LogP contribution in [0, 0.1) is 14.9 Å². The third-order valence-electron chi connectivity index (χ3n) is 1.05. The molecule has 0 aliphatic heterocycles. The predicted molar refractivity (Wildman–Crippen MR) is 52.7 cm³/mol. The van der Waals surface area contributed by atoms with Gasteiger partial charge in [0.1, 0.15) is 0 Å². The molecule has 4 heteroatoms. The van der Waals surface area contributed by atoms with Crippen LogP contribution in [-0.4, -0.2) is 27.5 Å². The van der Waals surface area contributed by atoms with Gasteiger partial charge in [0.05, 0.1) is 0 Å². The van der Waals surface area contributed by atoms with E-state index in [9.17, 15) is 4.46 Å². The van der Waals surface area contributed by atoms with Crippen molar-refractivity contribution in [1.82, 2.24) is 4.57 Å². The van der Waals surface area contributed by atoms with E-state index >= 15 is 0 Å². The van der Waals surface area contributed by atoms with Gasteiger partial charge in [-0.2, -0.15) is 0 Å². The summed E-state index contributed by atoms with van der Waals surface area (Å²) in [4.78, 5) is 0. The molecule has 0 spiro atoms. The second-order valence-corrected chi connectivity index (χ2v) is 6.45. The second-order valence-electron chi connectivity index (χ2n) is 3.45. The summed E-state index contributed by atoms with van der Waals surface area (Å²) >= 11 is 0. The zero-order valence-electron chi connectivity index (χ0n) is 9.36. The van der Waals surface area contributed by atoms with Crippen LogP contribution in [0.25, 0.3) is 0 Å². The first-order chi connectivity index (χ1) is 3.85. The number of hydrogen-bond donors (Lipinski definition) is 0. The molecule has 0 rings (SSSR count). The Morgan fingerprint density at radius 1 is 1.08 bits per heavy atom. The largest absolute Gasteiger partial charge is 2.00 e. The van der Waals surface area contributed by atoms with Gasteiger partial charge in [0.25, 0.3) is 0 Å². The normalized spacial score (nSPS) is 8.42. The summed E-state index contributed by atoms with van der Waals surface area (Å²) in [5.41, 5.74) is 0. The first kappa shape index (κ1) is 22.9. The van der Waals surface area contributed by atoms with Crippen molar-refractivity contribution in [3.8, 4) is 0 Å². The number of hydrogen-bond acceptors (Lipinski definition) is 1. The average molecular weight is 223 g/mol. The number of rotatable bonds is 1. The van der Waals surface area contributed by atoms with Crippen molar-refractivity contribution in [2.24, 2.45) is 0 Å². The van der Waals surface area contributed by atoms with E-state index in [1.165, 1.54) is 0 Å². The van der Waals surface area contributed by atoms with Gasteiger partial charge in [-0.15, -0.1) is 0 Å². The first-order valence-corrected chi connectivity index (χ1v) is 4.43. The van der Waals surface area contributed by atoms with Crippen LogP contribution < -0.4 is 0 Å². The molecule has 0 heterocycles. The second kappa shape index (κ2) is 8.14. The van der Waals surface area contributed by atoms with Crippen LogP contribution in [0.5, 0.6) is 0 Å². The smallest absolute Gasteiger partial charge is 0.382 e. The molecule has 0 bridgehead atoms. The van der Waals surface area contributed by atoms with Crippen LogP contribution in [0.4, 0.5) is 0 Å². The molecule has 0 fully saturated rings. The van der Waals surface area contributed by atoms with Gasteiger partial charge in [-0.1, -0.05) is 20.8 Å². The third kappa shape index (κ3) is 8.63. The summed E-state index contributed by atoms with van der Waals surface area (Å²) in [6, 6.07) is 0. The maximum absolute atomic E-state index is 11.3. The summed E-state index contributed by atoms with van der Waals surface area (Å²) < 4.78 is 13.1. The van der Waals surface area contributed by atoms with E-state index in [4.69, 9.17) is 0 Å². The first-order valence-electron chi connectivity index (χ1n) is 3.07. The van der Waals surface area contributed by atoms with Crippen molar-refractivity contribution in [3.05, 3.63) is 14.9 Å². The van der Waals surface area contributed by atoms with Crippen LogP contribution in [0.3, 0.4) is 0 Å². The van der Waals surface area contributed by atoms with Crippen LogP contribution in [-0.2, 0) is 26.2 Å². The van der Waals surface area contributed by atoms with E-state index in [0.717, 1.165) is 0 Å². The van der Waals surface area contributed by atoms with Gasteiger partial charge >= 0.3 is 30.6 Å². The summed E-state index contributed by atoms with van der Waals surface area (Å²) in [7, 11) is 2.17. The van der Waals surface area contributed by atoms with Gasteiger partial charge in [0.15, 0.2) is 0 Å². The van der Waals surface area contributed by atoms with Crippen molar-refractivity contribution < 1.29 is 26.2 Å². The summed E-state index contributed by atoms with van der Waals surface area (Å²) in [5.74, 6) is 0. The van der Waals surface area contributed by atoms with Crippen molar-refractivity contribution in [3.63, 3.8) is 0 Å². The zero-order valence-corrected chi connectivity index (χ0v) is 11.9. The monoisotopic (exact) mass is 223 g/mol. The van der Waals surface area contributed by atoms with E-state index in [1.807, 2.05) is 34.9 Å². The fourth-order valence-electron chi connectivity index (χ4n) is 0.671. The van der Waals surface area contributed by atoms with Crippen LogP contribution in [0.1, 0.15) is 20.8 Å². The van der Waals surface area contributed by atoms with Gasteiger partial charge in [-0.3, -0.25) is 0 Å². The Kier molecular flexibility index (Phi) is 15.5. The minimum absolute atomic E-state index is 0. The van der Waals surface area contributed by atoms with Crippen LogP contribution >= 0.6 is 0 Å². The van der Waals surface area contributed by atoms with E-state index < -0.39 is 8.84 Å². The SMILES string of the molecule is CN(C)[Si](=O)C(C)(C)C.[CH3-].[CH3-].[Ti+2]. The van der Waals surface area contributed by atoms with Gasteiger partial charge < -0.3 is 23.9 Å². The molecular formula is C8H21NOSiTi. The Labute approximate surface area is 94.4 Å². The van der Waals surface area contributed by atoms with Gasteiger partial charge in [0, 0.05) is 5.04 Å². The van der Waals surface area contributed by atoms with E-state index in [2.05, 4.69) is 0 Å².